The van der Waals surface area contributed by atoms with E-state index in [1.807, 2.05) is 0 Å². The molecule has 0 rings (SSSR count). The SMILES string of the molecule is C[C@@](N)(CSC=CN)C(=O)O. The number of carboxylic acid groups (broad SMARTS) is 1. The lowest BCUT2D eigenvalue weighted by molar-refractivity contribution is -0.141. The lowest BCUT2D eigenvalue weighted by atomic mass is 10.1. The Labute approximate surface area is 69.6 Å². The van der Waals surface area contributed by atoms with E-state index in [9.17, 15) is 4.79 Å². The lowest BCUT2D eigenvalue weighted by Gasteiger charge is -2.16. The number of carboxylic acids is 1. The van der Waals surface area contributed by atoms with Gasteiger partial charge in [0.05, 0.1) is 0 Å². The number of hydrogen-bond acceptors (Lipinski definition) is 4. The van der Waals surface area contributed by atoms with Gasteiger partial charge in [-0.1, -0.05) is 0 Å². The summed E-state index contributed by atoms with van der Waals surface area (Å²) in [5.74, 6) is -0.689. The van der Waals surface area contributed by atoms with Gasteiger partial charge >= 0.3 is 5.97 Å². The second-order valence-corrected chi connectivity index (χ2v) is 3.26. The Morgan fingerprint density at radius 2 is 2.36 bits per heavy atom. The molecule has 0 spiro atoms. The van der Waals surface area contributed by atoms with E-state index in [1.54, 1.807) is 5.41 Å². The van der Waals surface area contributed by atoms with Crippen molar-refractivity contribution in [2.75, 3.05) is 5.75 Å². The van der Waals surface area contributed by atoms with Gasteiger partial charge in [0.2, 0.25) is 0 Å². The van der Waals surface area contributed by atoms with Crippen LogP contribution in [-0.4, -0.2) is 22.4 Å². The van der Waals surface area contributed by atoms with Gasteiger partial charge in [0.1, 0.15) is 5.54 Å². The summed E-state index contributed by atoms with van der Waals surface area (Å²) in [6, 6.07) is 0. The molecular formula is C6H12N2O2S. The number of hydrogen-bond donors (Lipinski definition) is 3. The van der Waals surface area contributed by atoms with Crippen LogP contribution in [0.5, 0.6) is 0 Å². The van der Waals surface area contributed by atoms with Crippen molar-refractivity contribution >= 4 is 17.7 Å². The van der Waals surface area contributed by atoms with E-state index in [4.69, 9.17) is 16.6 Å². The third kappa shape index (κ3) is 3.90. The van der Waals surface area contributed by atoms with Crippen molar-refractivity contribution in [3.63, 3.8) is 0 Å². The summed E-state index contributed by atoms with van der Waals surface area (Å²) in [5, 5.41) is 10.2. The fourth-order valence-corrected chi connectivity index (χ4v) is 1.02. The third-order valence-corrected chi connectivity index (χ3v) is 2.16. The van der Waals surface area contributed by atoms with E-state index >= 15 is 0 Å². The molecule has 0 saturated heterocycles. The molecule has 0 aromatic rings. The second-order valence-electron chi connectivity index (χ2n) is 2.36. The molecule has 0 bridgehead atoms. The molecule has 11 heavy (non-hydrogen) atoms. The van der Waals surface area contributed by atoms with Crippen molar-refractivity contribution < 1.29 is 9.90 Å². The molecule has 0 amide bonds. The zero-order valence-corrected chi connectivity index (χ0v) is 7.10. The first-order chi connectivity index (χ1) is 5.00. The van der Waals surface area contributed by atoms with Crippen molar-refractivity contribution in [2.24, 2.45) is 11.5 Å². The molecule has 4 nitrogen and oxygen atoms in total. The van der Waals surface area contributed by atoms with Crippen LogP contribution in [0.25, 0.3) is 0 Å². The Morgan fingerprint density at radius 1 is 1.82 bits per heavy atom. The van der Waals surface area contributed by atoms with Gasteiger partial charge in [-0.25, -0.2) is 0 Å². The summed E-state index contributed by atoms with van der Waals surface area (Å²) < 4.78 is 0. The maximum absolute atomic E-state index is 10.4. The molecule has 0 radical (unpaired) electrons. The molecule has 0 aliphatic carbocycles. The molecule has 0 aromatic heterocycles. The van der Waals surface area contributed by atoms with Crippen LogP contribution in [0.3, 0.4) is 0 Å². The van der Waals surface area contributed by atoms with Crippen molar-refractivity contribution in [1.29, 1.82) is 0 Å². The van der Waals surface area contributed by atoms with Gasteiger partial charge in [-0.05, 0) is 12.3 Å². The quantitative estimate of drug-likeness (QED) is 0.559. The number of rotatable bonds is 4. The number of aliphatic carboxylic acids is 1. The first kappa shape index (κ1) is 10.3. The van der Waals surface area contributed by atoms with E-state index in [-0.39, 0.29) is 0 Å². The van der Waals surface area contributed by atoms with E-state index in [0.29, 0.717) is 5.75 Å². The highest BCUT2D eigenvalue weighted by Gasteiger charge is 2.26. The van der Waals surface area contributed by atoms with Gasteiger partial charge < -0.3 is 16.6 Å². The van der Waals surface area contributed by atoms with Gasteiger partial charge in [-0.3, -0.25) is 4.79 Å². The minimum absolute atomic E-state index is 0.316. The fraction of sp³-hybridized carbons (Fsp3) is 0.500. The van der Waals surface area contributed by atoms with Crippen LogP contribution in [-0.2, 0) is 4.79 Å². The van der Waals surface area contributed by atoms with Crippen molar-refractivity contribution in [2.45, 2.75) is 12.5 Å². The summed E-state index contributed by atoms with van der Waals surface area (Å²) in [6.07, 6.45) is 1.35. The minimum Gasteiger partial charge on any atom is -0.480 e. The van der Waals surface area contributed by atoms with Crippen LogP contribution in [0.1, 0.15) is 6.92 Å². The Balaban J connectivity index is 3.82. The fourth-order valence-electron chi connectivity index (χ4n) is 0.339. The largest absolute Gasteiger partial charge is 0.480 e. The molecular weight excluding hydrogens is 164 g/mol. The van der Waals surface area contributed by atoms with E-state index < -0.39 is 11.5 Å². The van der Waals surface area contributed by atoms with E-state index in [1.165, 1.54) is 24.9 Å². The molecule has 0 saturated carbocycles. The summed E-state index contributed by atoms with van der Waals surface area (Å²) in [5.41, 5.74) is 9.27. The summed E-state index contributed by atoms with van der Waals surface area (Å²) in [7, 11) is 0. The summed E-state index contributed by atoms with van der Waals surface area (Å²) in [4.78, 5) is 10.4. The second kappa shape index (κ2) is 4.25. The molecule has 5 heteroatoms. The topological polar surface area (TPSA) is 89.3 Å². The Morgan fingerprint density at radius 3 is 2.73 bits per heavy atom. The zero-order valence-electron chi connectivity index (χ0n) is 6.28. The Hall–Kier alpha value is -0.680. The van der Waals surface area contributed by atoms with E-state index in [0.717, 1.165) is 0 Å². The molecule has 0 heterocycles. The van der Waals surface area contributed by atoms with Gasteiger partial charge in [0, 0.05) is 12.0 Å². The van der Waals surface area contributed by atoms with Gasteiger partial charge in [-0.15, -0.1) is 11.8 Å². The van der Waals surface area contributed by atoms with Gasteiger partial charge in [-0.2, -0.15) is 0 Å². The first-order valence-electron chi connectivity index (χ1n) is 3.01. The van der Waals surface area contributed by atoms with Crippen LogP contribution in [0.2, 0.25) is 0 Å². The number of nitrogens with two attached hydrogens (primary N) is 2. The van der Waals surface area contributed by atoms with Gasteiger partial charge in [0.15, 0.2) is 0 Å². The smallest absolute Gasteiger partial charge is 0.324 e. The summed E-state index contributed by atoms with van der Waals surface area (Å²) >= 11 is 1.28. The minimum atomic E-state index is -1.18. The van der Waals surface area contributed by atoms with Crippen LogP contribution in [0.4, 0.5) is 0 Å². The van der Waals surface area contributed by atoms with Crippen LogP contribution in [0, 0.1) is 0 Å². The molecule has 0 aliphatic rings. The summed E-state index contributed by atoms with van der Waals surface area (Å²) in [6.45, 7) is 1.46. The van der Waals surface area contributed by atoms with Crippen molar-refractivity contribution in [3.8, 4) is 0 Å². The average molecular weight is 176 g/mol. The molecule has 0 unspecified atom stereocenters. The average Bonchev–Trinajstić information content (AvgIpc) is 1.88. The molecule has 0 fully saturated rings. The van der Waals surface area contributed by atoms with Gasteiger partial charge in [0.25, 0.3) is 0 Å². The predicted octanol–water partition coefficient (Wildman–Crippen LogP) is -0.0485. The highest BCUT2D eigenvalue weighted by Crippen LogP contribution is 2.10. The predicted molar refractivity (Wildman–Crippen MR) is 46.0 cm³/mol. The maximum atomic E-state index is 10.4. The number of thioether (sulfide) groups is 1. The zero-order chi connectivity index (χ0) is 8.91. The molecule has 5 N–H and O–H groups in total. The van der Waals surface area contributed by atoms with Crippen LogP contribution in [0.15, 0.2) is 11.6 Å². The van der Waals surface area contributed by atoms with Crippen molar-refractivity contribution in [3.05, 3.63) is 11.6 Å². The standard InChI is InChI=1S/C6H12N2O2S/c1-6(8,5(9)10)4-11-3-2-7/h2-3H,4,7-8H2,1H3,(H,9,10)/t6-/m1/s1. The van der Waals surface area contributed by atoms with Crippen LogP contribution < -0.4 is 11.5 Å². The highest BCUT2D eigenvalue weighted by molar-refractivity contribution is 8.02. The molecule has 0 aromatic carbocycles. The van der Waals surface area contributed by atoms with E-state index in [2.05, 4.69) is 0 Å². The Bertz CT molecular complexity index is 168. The molecule has 64 valence electrons. The monoisotopic (exact) mass is 176 g/mol. The molecule has 1 atom stereocenters. The van der Waals surface area contributed by atoms with Crippen molar-refractivity contribution in [1.82, 2.24) is 0 Å². The van der Waals surface area contributed by atoms with Crippen LogP contribution >= 0.6 is 11.8 Å². The highest BCUT2D eigenvalue weighted by atomic mass is 32.2. The lowest BCUT2D eigenvalue weighted by Crippen LogP contribution is -2.47. The molecule has 0 aliphatic heterocycles. The maximum Gasteiger partial charge on any atom is 0.324 e. The third-order valence-electron chi connectivity index (χ3n) is 1.05. The number of carbonyl (C=O) groups is 1. The first-order valence-corrected chi connectivity index (χ1v) is 4.06. The Kier molecular flexibility index (Phi) is 3.99. The normalized spacial score (nSPS) is 16.5.